The van der Waals surface area contributed by atoms with Crippen LogP contribution >= 0.6 is 0 Å². The summed E-state index contributed by atoms with van der Waals surface area (Å²) in [5, 5.41) is 6.20. The van der Waals surface area contributed by atoms with E-state index in [4.69, 9.17) is 0 Å². The molecule has 0 radical (unpaired) electrons. The number of likely N-dealkylation sites (tertiary alicyclic amines) is 1. The summed E-state index contributed by atoms with van der Waals surface area (Å²) in [5.41, 5.74) is 0. The molecule has 17 heavy (non-hydrogen) atoms. The van der Waals surface area contributed by atoms with Crippen LogP contribution in [0.1, 0.15) is 40.0 Å². The second-order valence-electron chi connectivity index (χ2n) is 5.09. The standard InChI is InChI=1S/C13H27N3O/c1-4-11(2)14-10-13(17)15-9-12(3)16-7-5-6-8-16/h11-12,14H,4-10H2,1-3H3,(H,15,17). The van der Waals surface area contributed by atoms with Gasteiger partial charge in [0.15, 0.2) is 0 Å². The predicted molar refractivity (Wildman–Crippen MR) is 71.0 cm³/mol. The van der Waals surface area contributed by atoms with Crippen molar-refractivity contribution in [1.82, 2.24) is 15.5 Å². The van der Waals surface area contributed by atoms with E-state index in [9.17, 15) is 4.79 Å². The Bertz CT molecular complexity index is 227. The molecule has 100 valence electrons. The van der Waals surface area contributed by atoms with Crippen LogP contribution in [-0.2, 0) is 4.79 Å². The first-order valence-corrected chi connectivity index (χ1v) is 6.87. The highest BCUT2D eigenvalue weighted by Gasteiger charge is 2.18. The van der Waals surface area contributed by atoms with Crippen LogP contribution < -0.4 is 10.6 Å². The lowest BCUT2D eigenvalue weighted by atomic mass is 10.2. The van der Waals surface area contributed by atoms with Gasteiger partial charge in [-0.15, -0.1) is 0 Å². The molecular formula is C13H27N3O. The predicted octanol–water partition coefficient (Wildman–Crippen LogP) is 0.975. The van der Waals surface area contributed by atoms with Gasteiger partial charge >= 0.3 is 0 Å². The van der Waals surface area contributed by atoms with Crippen LogP contribution in [0.5, 0.6) is 0 Å². The van der Waals surface area contributed by atoms with Crippen molar-refractivity contribution < 1.29 is 4.79 Å². The van der Waals surface area contributed by atoms with E-state index >= 15 is 0 Å². The number of nitrogens with one attached hydrogen (secondary N) is 2. The van der Waals surface area contributed by atoms with Crippen LogP contribution in [0.4, 0.5) is 0 Å². The van der Waals surface area contributed by atoms with Gasteiger partial charge in [-0.3, -0.25) is 9.69 Å². The first-order chi connectivity index (χ1) is 8.13. The number of hydrogen-bond donors (Lipinski definition) is 2. The first-order valence-electron chi connectivity index (χ1n) is 6.87. The van der Waals surface area contributed by atoms with Crippen molar-refractivity contribution >= 4 is 5.91 Å². The minimum absolute atomic E-state index is 0.108. The summed E-state index contributed by atoms with van der Waals surface area (Å²) in [5.74, 6) is 0.108. The average molecular weight is 241 g/mol. The highest BCUT2D eigenvalue weighted by molar-refractivity contribution is 5.78. The third-order valence-electron chi connectivity index (χ3n) is 3.58. The van der Waals surface area contributed by atoms with Gasteiger partial charge in [0.25, 0.3) is 0 Å². The van der Waals surface area contributed by atoms with E-state index in [1.54, 1.807) is 0 Å². The molecule has 2 unspecified atom stereocenters. The molecule has 1 rings (SSSR count). The molecule has 0 aromatic heterocycles. The maximum Gasteiger partial charge on any atom is 0.234 e. The lowest BCUT2D eigenvalue weighted by molar-refractivity contribution is -0.120. The normalized spacial score (nSPS) is 20.2. The van der Waals surface area contributed by atoms with E-state index in [1.807, 2.05) is 0 Å². The Balaban J connectivity index is 2.10. The largest absolute Gasteiger partial charge is 0.353 e. The zero-order chi connectivity index (χ0) is 12.7. The maximum atomic E-state index is 11.6. The van der Waals surface area contributed by atoms with Crippen LogP contribution in [0.3, 0.4) is 0 Å². The lowest BCUT2D eigenvalue weighted by Crippen LogP contribution is -2.44. The summed E-state index contributed by atoms with van der Waals surface area (Å²) in [6.07, 6.45) is 3.65. The molecule has 4 heteroatoms. The highest BCUT2D eigenvalue weighted by Crippen LogP contribution is 2.10. The van der Waals surface area contributed by atoms with Crippen LogP contribution in [0.2, 0.25) is 0 Å². The number of nitrogens with zero attached hydrogens (tertiary/aromatic N) is 1. The number of amides is 1. The smallest absolute Gasteiger partial charge is 0.234 e. The van der Waals surface area contributed by atoms with E-state index in [0.717, 1.165) is 13.0 Å². The molecule has 0 spiro atoms. The quantitative estimate of drug-likeness (QED) is 0.698. The van der Waals surface area contributed by atoms with Gasteiger partial charge < -0.3 is 10.6 Å². The summed E-state index contributed by atoms with van der Waals surface area (Å²) in [4.78, 5) is 14.0. The van der Waals surface area contributed by atoms with Crippen molar-refractivity contribution in [3.8, 4) is 0 Å². The molecule has 1 fully saturated rings. The third kappa shape index (κ3) is 5.50. The van der Waals surface area contributed by atoms with E-state index in [-0.39, 0.29) is 5.91 Å². The Morgan fingerprint density at radius 1 is 1.29 bits per heavy atom. The summed E-state index contributed by atoms with van der Waals surface area (Å²) < 4.78 is 0. The molecule has 2 N–H and O–H groups in total. The second kappa shape index (κ2) is 7.67. The minimum Gasteiger partial charge on any atom is -0.353 e. The summed E-state index contributed by atoms with van der Waals surface area (Å²) in [6.45, 7) is 9.96. The molecule has 0 aliphatic carbocycles. The molecule has 1 saturated heterocycles. The van der Waals surface area contributed by atoms with Gasteiger partial charge in [0.2, 0.25) is 5.91 Å². The SMILES string of the molecule is CCC(C)NCC(=O)NCC(C)N1CCCC1. The molecular weight excluding hydrogens is 214 g/mol. The second-order valence-corrected chi connectivity index (χ2v) is 5.09. The van der Waals surface area contributed by atoms with Gasteiger partial charge in [0, 0.05) is 18.6 Å². The summed E-state index contributed by atoms with van der Waals surface area (Å²) >= 11 is 0. The van der Waals surface area contributed by atoms with E-state index in [1.165, 1.54) is 25.9 Å². The topological polar surface area (TPSA) is 44.4 Å². The van der Waals surface area contributed by atoms with Crippen molar-refractivity contribution in [3.63, 3.8) is 0 Å². The molecule has 0 aromatic rings. The number of rotatable bonds is 7. The Kier molecular flexibility index (Phi) is 6.52. The van der Waals surface area contributed by atoms with Gasteiger partial charge in [-0.1, -0.05) is 6.92 Å². The fraction of sp³-hybridized carbons (Fsp3) is 0.923. The van der Waals surface area contributed by atoms with E-state index < -0.39 is 0 Å². The molecule has 4 nitrogen and oxygen atoms in total. The highest BCUT2D eigenvalue weighted by atomic mass is 16.1. The molecule has 0 saturated carbocycles. The Morgan fingerprint density at radius 3 is 2.53 bits per heavy atom. The van der Waals surface area contributed by atoms with Crippen LogP contribution in [-0.4, -0.2) is 49.1 Å². The fourth-order valence-electron chi connectivity index (χ4n) is 2.05. The van der Waals surface area contributed by atoms with Gasteiger partial charge in [-0.25, -0.2) is 0 Å². The lowest BCUT2D eigenvalue weighted by Gasteiger charge is -2.24. The summed E-state index contributed by atoms with van der Waals surface area (Å²) in [6, 6.07) is 0.877. The fourth-order valence-corrected chi connectivity index (χ4v) is 2.05. The van der Waals surface area contributed by atoms with Crippen molar-refractivity contribution in [2.75, 3.05) is 26.2 Å². The average Bonchev–Trinajstić information content (AvgIpc) is 2.86. The van der Waals surface area contributed by atoms with Crippen LogP contribution in [0.25, 0.3) is 0 Å². The monoisotopic (exact) mass is 241 g/mol. The molecule has 0 aromatic carbocycles. The zero-order valence-corrected chi connectivity index (χ0v) is 11.5. The number of carbonyl (C=O) groups is 1. The molecule has 1 heterocycles. The molecule has 1 aliphatic rings. The van der Waals surface area contributed by atoms with Crippen LogP contribution in [0, 0.1) is 0 Å². The molecule has 1 amide bonds. The van der Waals surface area contributed by atoms with Crippen molar-refractivity contribution in [2.24, 2.45) is 0 Å². The number of carbonyl (C=O) groups excluding carboxylic acids is 1. The Labute approximate surface area is 105 Å². The van der Waals surface area contributed by atoms with Crippen molar-refractivity contribution in [1.29, 1.82) is 0 Å². The van der Waals surface area contributed by atoms with Gasteiger partial charge in [0.05, 0.1) is 6.54 Å². The Hall–Kier alpha value is -0.610. The van der Waals surface area contributed by atoms with E-state index in [0.29, 0.717) is 18.6 Å². The Morgan fingerprint density at radius 2 is 1.94 bits per heavy atom. The maximum absolute atomic E-state index is 11.6. The van der Waals surface area contributed by atoms with E-state index in [2.05, 4.69) is 36.3 Å². The van der Waals surface area contributed by atoms with Crippen molar-refractivity contribution in [2.45, 2.75) is 52.1 Å². The minimum atomic E-state index is 0.108. The van der Waals surface area contributed by atoms with Crippen LogP contribution in [0.15, 0.2) is 0 Å². The zero-order valence-electron chi connectivity index (χ0n) is 11.5. The summed E-state index contributed by atoms with van der Waals surface area (Å²) in [7, 11) is 0. The van der Waals surface area contributed by atoms with Gasteiger partial charge in [-0.2, -0.15) is 0 Å². The van der Waals surface area contributed by atoms with Crippen molar-refractivity contribution in [3.05, 3.63) is 0 Å². The third-order valence-corrected chi connectivity index (χ3v) is 3.58. The molecule has 1 aliphatic heterocycles. The number of hydrogen-bond acceptors (Lipinski definition) is 3. The first kappa shape index (κ1) is 14.5. The molecule has 0 bridgehead atoms. The molecule has 2 atom stereocenters. The van der Waals surface area contributed by atoms with Gasteiger partial charge in [-0.05, 0) is 46.2 Å². The van der Waals surface area contributed by atoms with Gasteiger partial charge in [0.1, 0.15) is 0 Å².